The molecule has 5 heteroatoms. The van der Waals surface area contributed by atoms with Gasteiger partial charge in [0.15, 0.2) is 17.3 Å². The predicted molar refractivity (Wildman–Crippen MR) is 79.0 cm³/mol. The first kappa shape index (κ1) is 13.4. The lowest BCUT2D eigenvalue weighted by Crippen LogP contribution is -2.19. The molecule has 0 saturated heterocycles. The quantitative estimate of drug-likeness (QED) is 0.832. The Morgan fingerprint density at radius 2 is 2.00 bits per heavy atom. The number of nitrogens with two attached hydrogens (primary N) is 1. The smallest absolute Gasteiger partial charge is 0.224 e. The molecule has 3 rings (SSSR count). The van der Waals surface area contributed by atoms with Crippen molar-refractivity contribution in [3.8, 4) is 11.5 Å². The van der Waals surface area contributed by atoms with Gasteiger partial charge >= 0.3 is 0 Å². The molecule has 2 aromatic rings. The number of nitrogen functional groups attached to an aromatic ring is 1. The largest absolute Gasteiger partial charge is 0.452 e. The molecule has 3 N–H and O–H groups in total. The minimum Gasteiger partial charge on any atom is -0.452 e. The molecule has 0 spiro atoms. The molecule has 2 aromatic carbocycles. The van der Waals surface area contributed by atoms with Gasteiger partial charge < -0.3 is 15.8 Å². The summed E-state index contributed by atoms with van der Waals surface area (Å²) in [5.41, 5.74) is 8.89. The van der Waals surface area contributed by atoms with E-state index in [4.69, 9.17) is 10.5 Å². The highest BCUT2D eigenvalue weighted by Gasteiger charge is 2.18. The summed E-state index contributed by atoms with van der Waals surface area (Å²) in [4.78, 5) is 11.4. The van der Waals surface area contributed by atoms with Gasteiger partial charge in [-0.2, -0.15) is 0 Å². The van der Waals surface area contributed by atoms with Crippen molar-refractivity contribution in [2.45, 2.75) is 19.8 Å². The number of ether oxygens (including phenoxy) is 1. The van der Waals surface area contributed by atoms with Crippen LogP contribution in [0, 0.1) is 12.7 Å². The Balaban J connectivity index is 1.97. The van der Waals surface area contributed by atoms with Crippen LogP contribution in [-0.4, -0.2) is 5.91 Å². The maximum absolute atomic E-state index is 13.8. The van der Waals surface area contributed by atoms with E-state index in [1.54, 1.807) is 24.3 Å². The van der Waals surface area contributed by atoms with E-state index in [2.05, 4.69) is 5.32 Å². The molecule has 1 aliphatic rings. The molecule has 0 radical (unpaired) electrons. The third-order valence-electron chi connectivity index (χ3n) is 3.44. The average molecular weight is 286 g/mol. The van der Waals surface area contributed by atoms with Crippen molar-refractivity contribution < 1.29 is 13.9 Å². The maximum Gasteiger partial charge on any atom is 0.224 e. The minimum absolute atomic E-state index is 0.0417. The summed E-state index contributed by atoms with van der Waals surface area (Å²) >= 11 is 0. The van der Waals surface area contributed by atoms with Crippen molar-refractivity contribution >= 4 is 17.3 Å². The van der Waals surface area contributed by atoms with Crippen LogP contribution in [0.4, 0.5) is 15.8 Å². The van der Waals surface area contributed by atoms with Crippen molar-refractivity contribution in [1.29, 1.82) is 0 Å². The molecule has 0 aliphatic carbocycles. The Bertz CT molecular complexity index is 728. The van der Waals surface area contributed by atoms with Crippen molar-refractivity contribution in [3.63, 3.8) is 0 Å². The fraction of sp³-hybridized carbons (Fsp3) is 0.188. The number of halogens is 1. The standard InChI is InChI=1S/C16H15FN2O2/c1-9-2-4-11(17)14(6-9)21-15-8-13-10(7-12(15)18)3-5-16(20)19-13/h2,4,6-8H,3,5,18H2,1H3,(H,19,20). The van der Waals surface area contributed by atoms with Gasteiger partial charge in [0.1, 0.15) is 0 Å². The SMILES string of the molecule is Cc1ccc(F)c(Oc2cc3c(cc2N)CCC(=O)N3)c1. The zero-order valence-electron chi connectivity index (χ0n) is 11.6. The first-order valence-electron chi connectivity index (χ1n) is 6.69. The van der Waals surface area contributed by atoms with E-state index in [9.17, 15) is 9.18 Å². The van der Waals surface area contributed by atoms with E-state index in [0.29, 0.717) is 30.0 Å². The maximum atomic E-state index is 13.8. The molecule has 1 amide bonds. The van der Waals surface area contributed by atoms with Crippen molar-refractivity contribution in [2.24, 2.45) is 0 Å². The number of hydrogen-bond donors (Lipinski definition) is 2. The van der Waals surface area contributed by atoms with Gasteiger partial charge in [0, 0.05) is 18.2 Å². The van der Waals surface area contributed by atoms with Crippen LogP contribution in [0.15, 0.2) is 30.3 Å². The number of amides is 1. The first-order chi connectivity index (χ1) is 10.0. The Morgan fingerprint density at radius 1 is 1.19 bits per heavy atom. The lowest BCUT2D eigenvalue weighted by molar-refractivity contribution is -0.116. The van der Waals surface area contributed by atoms with Crippen LogP contribution >= 0.6 is 0 Å². The molecule has 0 unspecified atom stereocenters. The Hall–Kier alpha value is -2.56. The number of rotatable bonds is 2. The lowest BCUT2D eigenvalue weighted by atomic mass is 10.0. The third kappa shape index (κ3) is 2.67. The van der Waals surface area contributed by atoms with Gasteiger partial charge in [0.2, 0.25) is 5.91 Å². The van der Waals surface area contributed by atoms with Crippen LogP contribution in [0.3, 0.4) is 0 Å². The van der Waals surface area contributed by atoms with Crippen molar-refractivity contribution in [2.75, 3.05) is 11.1 Å². The predicted octanol–water partition coefficient (Wildman–Crippen LogP) is 3.39. The number of hydrogen-bond acceptors (Lipinski definition) is 3. The summed E-state index contributed by atoms with van der Waals surface area (Å²) in [6.45, 7) is 1.85. The van der Waals surface area contributed by atoms with Gasteiger partial charge in [-0.05, 0) is 42.7 Å². The fourth-order valence-corrected chi connectivity index (χ4v) is 2.32. The molecule has 0 fully saturated rings. The molecular formula is C16H15FN2O2. The molecule has 1 aliphatic heterocycles. The molecular weight excluding hydrogens is 271 g/mol. The number of carbonyl (C=O) groups excluding carboxylic acids is 1. The zero-order chi connectivity index (χ0) is 15.0. The highest BCUT2D eigenvalue weighted by molar-refractivity contribution is 5.94. The minimum atomic E-state index is -0.457. The fourth-order valence-electron chi connectivity index (χ4n) is 2.32. The number of aryl methyl sites for hydroxylation is 2. The first-order valence-corrected chi connectivity index (χ1v) is 6.69. The van der Waals surface area contributed by atoms with E-state index in [1.165, 1.54) is 6.07 Å². The highest BCUT2D eigenvalue weighted by atomic mass is 19.1. The summed E-state index contributed by atoms with van der Waals surface area (Å²) in [7, 11) is 0. The molecule has 4 nitrogen and oxygen atoms in total. The van der Waals surface area contributed by atoms with Gasteiger partial charge in [0.25, 0.3) is 0 Å². The highest BCUT2D eigenvalue weighted by Crippen LogP contribution is 2.36. The summed E-state index contributed by atoms with van der Waals surface area (Å²) in [6, 6.07) is 8.02. The van der Waals surface area contributed by atoms with Crippen LogP contribution in [0.2, 0.25) is 0 Å². The summed E-state index contributed by atoms with van der Waals surface area (Å²) in [5.74, 6) is -0.0500. The second-order valence-corrected chi connectivity index (χ2v) is 5.13. The van der Waals surface area contributed by atoms with Crippen LogP contribution in [-0.2, 0) is 11.2 Å². The van der Waals surface area contributed by atoms with Crippen molar-refractivity contribution in [3.05, 3.63) is 47.3 Å². The normalized spacial score (nSPS) is 13.5. The van der Waals surface area contributed by atoms with Gasteiger partial charge in [-0.3, -0.25) is 4.79 Å². The topological polar surface area (TPSA) is 64.3 Å². The van der Waals surface area contributed by atoms with Gasteiger partial charge in [-0.15, -0.1) is 0 Å². The average Bonchev–Trinajstić information content (AvgIpc) is 2.44. The number of fused-ring (bicyclic) bond motifs is 1. The Kier molecular flexibility index (Phi) is 3.25. The number of anilines is 2. The molecule has 1 heterocycles. The van der Waals surface area contributed by atoms with E-state index in [-0.39, 0.29) is 11.7 Å². The third-order valence-corrected chi connectivity index (χ3v) is 3.44. The Labute approximate surface area is 121 Å². The van der Waals surface area contributed by atoms with E-state index >= 15 is 0 Å². The van der Waals surface area contributed by atoms with E-state index in [1.807, 2.05) is 6.92 Å². The Morgan fingerprint density at radius 3 is 2.81 bits per heavy atom. The van der Waals surface area contributed by atoms with Gasteiger partial charge in [0.05, 0.1) is 5.69 Å². The molecule has 0 bridgehead atoms. The molecule has 0 atom stereocenters. The number of nitrogens with one attached hydrogen (secondary N) is 1. The molecule has 21 heavy (non-hydrogen) atoms. The number of carbonyl (C=O) groups is 1. The van der Waals surface area contributed by atoms with Crippen LogP contribution in [0.1, 0.15) is 17.5 Å². The lowest BCUT2D eigenvalue weighted by Gasteiger charge is -2.19. The van der Waals surface area contributed by atoms with Gasteiger partial charge in [-0.1, -0.05) is 6.07 Å². The molecule has 108 valence electrons. The molecule has 0 saturated carbocycles. The van der Waals surface area contributed by atoms with E-state index < -0.39 is 5.82 Å². The second-order valence-electron chi connectivity index (χ2n) is 5.13. The van der Waals surface area contributed by atoms with Crippen LogP contribution in [0.25, 0.3) is 0 Å². The van der Waals surface area contributed by atoms with Crippen LogP contribution < -0.4 is 15.8 Å². The molecule has 0 aromatic heterocycles. The summed E-state index contributed by atoms with van der Waals surface area (Å²) in [5, 5.41) is 2.77. The monoisotopic (exact) mass is 286 g/mol. The van der Waals surface area contributed by atoms with Crippen LogP contribution in [0.5, 0.6) is 11.5 Å². The second kappa shape index (κ2) is 5.09. The zero-order valence-corrected chi connectivity index (χ0v) is 11.6. The van der Waals surface area contributed by atoms with Gasteiger partial charge in [-0.25, -0.2) is 4.39 Å². The number of benzene rings is 2. The van der Waals surface area contributed by atoms with Crippen molar-refractivity contribution in [1.82, 2.24) is 0 Å². The van der Waals surface area contributed by atoms with E-state index in [0.717, 1.165) is 11.1 Å². The summed E-state index contributed by atoms with van der Waals surface area (Å²) < 4.78 is 19.3. The summed E-state index contributed by atoms with van der Waals surface area (Å²) in [6.07, 6.45) is 1.09.